The van der Waals surface area contributed by atoms with Crippen molar-refractivity contribution in [2.24, 2.45) is 0 Å². The highest BCUT2D eigenvalue weighted by Gasteiger charge is 2.30. The first-order valence-electron chi connectivity index (χ1n) is 13.0. The van der Waals surface area contributed by atoms with Crippen LogP contribution in [0.4, 0.5) is 0 Å². The van der Waals surface area contributed by atoms with Gasteiger partial charge in [0, 0.05) is 29.9 Å². The van der Waals surface area contributed by atoms with Gasteiger partial charge >= 0.3 is 0 Å². The van der Waals surface area contributed by atoms with Gasteiger partial charge in [-0.3, -0.25) is 9.59 Å². The molecular weight excluding hydrogens is 544 g/mol. The van der Waals surface area contributed by atoms with Crippen molar-refractivity contribution in [3.63, 3.8) is 0 Å². The maximum atomic E-state index is 13.7. The minimum Gasteiger partial charge on any atom is -0.497 e. The van der Waals surface area contributed by atoms with E-state index in [-0.39, 0.29) is 24.3 Å². The Balaban J connectivity index is 1.77. The van der Waals surface area contributed by atoms with Crippen LogP contribution in [0.3, 0.4) is 0 Å². The predicted octanol–water partition coefficient (Wildman–Crippen LogP) is 6.17. The van der Waals surface area contributed by atoms with Crippen molar-refractivity contribution in [1.82, 2.24) is 10.2 Å². The molecule has 0 bridgehead atoms. The van der Waals surface area contributed by atoms with Crippen LogP contribution in [0, 0.1) is 0 Å². The van der Waals surface area contributed by atoms with Gasteiger partial charge < -0.3 is 19.7 Å². The van der Waals surface area contributed by atoms with Crippen molar-refractivity contribution in [3.8, 4) is 11.5 Å². The molecule has 202 valence electrons. The zero-order valence-electron chi connectivity index (χ0n) is 22.4. The topological polar surface area (TPSA) is 67.9 Å². The lowest BCUT2D eigenvalue weighted by Gasteiger charge is -2.32. The van der Waals surface area contributed by atoms with Crippen LogP contribution < -0.4 is 14.8 Å². The average molecular weight is 582 g/mol. The summed E-state index contributed by atoms with van der Waals surface area (Å²) >= 11 is 3.48. The third-order valence-corrected chi connectivity index (χ3v) is 6.93. The lowest BCUT2D eigenvalue weighted by Crippen LogP contribution is -2.52. The molecule has 0 saturated carbocycles. The third-order valence-electron chi connectivity index (χ3n) is 6.40. The first-order valence-corrected chi connectivity index (χ1v) is 13.8. The van der Waals surface area contributed by atoms with Gasteiger partial charge in [-0.1, -0.05) is 65.3 Å². The fourth-order valence-corrected chi connectivity index (χ4v) is 4.27. The van der Waals surface area contributed by atoms with Gasteiger partial charge in [0.1, 0.15) is 17.5 Å². The van der Waals surface area contributed by atoms with Crippen molar-refractivity contribution in [3.05, 3.63) is 94.5 Å². The van der Waals surface area contributed by atoms with Crippen molar-refractivity contribution < 1.29 is 19.1 Å². The molecule has 2 amide bonds. The summed E-state index contributed by atoms with van der Waals surface area (Å²) in [5.74, 6) is 1.27. The summed E-state index contributed by atoms with van der Waals surface area (Å²) in [6, 6.07) is 24.4. The van der Waals surface area contributed by atoms with E-state index >= 15 is 0 Å². The summed E-state index contributed by atoms with van der Waals surface area (Å²) in [6.45, 7) is 4.75. The number of ether oxygens (including phenoxy) is 2. The molecule has 6 nitrogen and oxygen atoms in total. The normalized spacial score (nSPS) is 12.3. The molecule has 0 fully saturated rings. The van der Waals surface area contributed by atoms with Crippen LogP contribution in [0.1, 0.15) is 44.2 Å². The minimum absolute atomic E-state index is 0.0169. The van der Waals surface area contributed by atoms with Crippen molar-refractivity contribution in [1.29, 1.82) is 0 Å². The molecule has 0 saturated heterocycles. The number of nitrogens with one attached hydrogen (secondary N) is 1. The third kappa shape index (κ3) is 9.21. The summed E-state index contributed by atoms with van der Waals surface area (Å²) in [5, 5.41) is 3.10. The fraction of sp³-hybridized carbons (Fsp3) is 0.355. The van der Waals surface area contributed by atoms with Gasteiger partial charge in [0.25, 0.3) is 0 Å². The molecule has 0 aliphatic heterocycles. The van der Waals surface area contributed by atoms with Gasteiger partial charge in [-0.05, 0) is 67.3 Å². The zero-order valence-corrected chi connectivity index (χ0v) is 23.9. The molecule has 0 radical (unpaired) electrons. The Hall–Kier alpha value is -3.32. The molecule has 0 spiro atoms. The smallest absolute Gasteiger partial charge is 0.243 e. The Kier molecular flexibility index (Phi) is 11.7. The monoisotopic (exact) mass is 580 g/mol. The number of amides is 2. The molecule has 1 N–H and O–H groups in total. The van der Waals surface area contributed by atoms with E-state index < -0.39 is 6.04 Å². The molecule has 3 rings (SSSR count). The van der Waals surface area contributed by atoms with Crippen LogP contribution >= 0.6 is 15.9 Å². The van der Waals surface area contributed by atoms with E-state index in [0.29, 0.717) is 26.0 Å². The Bertz CT molecular complexity index is 1140. The number of benzene rings is 3. The Morgan fingerprint density at radius 2 is 1.58 bits per heavy atom. The fourth-order valence-electron chi connectivity index (χ4n) is 4.01. The SMILES string of the molecule is CC[C@@H](C)NC(=O)[C@@H](Cc1ccccc1)N(Cc1ccc(Br)cc1)C(=O)CCCOc1ccc(OC)cc1. The van der Waals surface area contributed by atoms with Crippen molar-refractivity contribution in [2.75, 3.05) is 13.7 Å². The standard InChI is InChI=1S/C31H37BrN2O4/c1-4-23(2)33-31(36)29(21-24-9-6-5-7-10-24)34(22-25-12-14-26(32)15-13-25)30(35)11-8-20-38-28-18-16-27(37-3)17-19-28/h5-7,9-10,12-19,23,29H,4,8,11,20-22H2,1-3H3,(H,33,36)/t23-,29-/m1/s1. The number of carbonyl (C=O) groups excluding carboxylic acids is 2. The predicted molar refractivity (Wildman–Crippen MR) is 154 cm³/mol. The molecule has 0 aliphatic carbocycles. The van der Waals surface area contributed by atoms with Crippen LogP contribution in [0.15, 0.2) is 83.3 Å². The van der Waals surface area contributed by atoms with E-state index in [1.165, 1.54) is 0 Å². The van der Waals surface area contributed by atoms with Crippen LogP contribution in [0.5, 0.6) is 11.5 Å². The van der Waals surface area contributed by atoms with E-state index in [4.69, 9.17) is 9.47 Å². The maximum absolute atomic E-state index is 13.7. The summed E-state index contributed by atoms with van der Waals surface area (Å²) in [6.07, 6.45) is 2.06. The van der Waals surface area contributed by atoms with E-state index in [1.807, 2.05) is 92.7 Å². The van der Waals surface area contributed by atoms with Crippen molar-refractivity contribution >= 4 is 27.7 Å². The first-order chi connectivity index (χ1) is 18.4. The molecule has 0 heterocycles. The minimum atomic E-state index is -0.634. The highest BCUT2D eigenvalue weighted by Crippen LogP contribution is 2.20. The lowest BCUT2D eigenvalue weighted by atomic mass is 10.0. The number of hydrogen-bond acceptors (Lipinski definition) is 4. The Labute approximate surface area is 234 Å². The molecule has 3 aromatic rings. The molecule has 2 atom stereocenters. The molecule has 0 unspecified atom stereocenters. The molecular formula is C31H37BrN2O4. The summed E-state index contributed by atoms with van der Waals surface area (Å²) in [4.78, 5) is 28.9. The summed E-state index contributed by atoms with van der Waals surface area (Å²) < 4.78 is 12.0. The largest absolute Gasteiger partial charge is 0.497 e. The van der Waals surface area contributed by atoms with Gasteiger partial charge in [-0.25, -0.2) is 0 Å². The van der Waals surface area contributed by atoms with Crippen LogP contribution in [-0.2, 0) is 22.6 Å². The second-order valence-corrected chi connectivity index (χ2v) is 10.2. The highest BCUT2D eigenvalue weighted by molar-refractivity contribution is 9.10. The van der Waals surface area contributed by atoms with Crippen LogP contribution in [0.2, 0.25) is 0 Å². The lowest BCUT2D eigenvalue weighted by molar-refractivity contribution is -0.141. The van der Waals surface area contributed by atoms with Crippen LogP contribution in [0.25, 0.3) is 0 Å². The first kappa shape index (κ1) is 29.2. The average Bonchev–Trinajstić information content (AvgIpc) is 2.94. The number of rotatable bonds is 14. The van der Waals surface area contributed by atoms with Crippen molar-refractivity contribution in [2.45, 2.75) is 58.2 Å². The molecule has 0 aromatic heterocycles. The number of hydrogen-bond donors (Lipinski definition) is 1. The van der Waals surface area contributed by atoms with E-state index in [1.54, 1.807) is 12.0 Å². The quantitative estimate of drug-likeness (QED) is 0.231. The summed E-state index contributed by atoms with van der Waals surface area (Å²) in [5.41, 5.74) is 1.97. The van der Waals surface area contributed by atoms with Crippen LogP contribution in [-0.4, -0.2) is 42.5 Å². The van der Waals surface area contributed by atoms with Gasteiger partial charge in [0.15, 0.2) is 0 Å². The number of nitrogens with zero attached hydrogens (tertiary/aromatic N) is 1. The molecule has 7 heteroatoms. The van der Waals surface area contributed by atoms with E-state index in [9.17, 15) is 9.59 Å². The van der Waals surface area contributed by atoms with Gasteiger partial charge in [0.2, 0.25) is 11.8 Å². The van der Waals surface area contributed by atoms with Gasteiger partial charge in [-0.15, -0.1) is 0 Å². The maximum Gasteiger partial charge on any atom is 0.243 e. The number of carbonyl (C=O) groups is 2. The zero-order chi connectivity index (χ0) is 27.3. The highest BCUT2D eigenvalue weighted by atomic mass is 79.9. The molecule has 38 heavy (non-hydrogen) atoms. The molecule has 3 aromatic carbocycles. The van der Waals surface area contributed by atoms with E-state index in [2.05, 4.69) is 21.2 Å². The number of halogens is 1. The summed E-state index contributed by atoms with van der Waals surface area (Å²) in [7, 11) is 1.62. The Morgan fingerprint density at radius 3 is 2.21 bits per heavy atom. The number of methoxy groups -OCH3 is 1. The Morgan fingerprint density at radius 1 is 0.921 bits per heavy atom. The van der Waals surface area contributed by atoms with Gasteiger partial charge in [0.05, 0.1) is 13.7 Å². The second kappa shape index (κ2) is 15.2. The molecule has 0 aliphatic rings. The van der Waals surface area contributed by atoms with E-state index in [0.717, 1.165) is 33.5 Å². The van der Waals surface area contributed by atoms with Gasteiger partial charge in [-0.2, -0.15) is 0 Å². The second-order valence-electron chi connectivity index (χ2n) is 9.30.